The summed E-state index contributed by atoms with van der Waals surface area (Å²) in [7, 11) is 0. The third-order valence-corrected chi connectivity index (χ3v) is 5.34. The molecule has 0 saturated carbocycles. The lowest BCUT2D eigenvalue weighted by atomic mass is 9.98. The summed E-state index contributed by atoms with van der Waals surface area (Å²) in [6.07, 6.45) is 2.40. The van der Waals surface area contributed by atoms with Crippen LogP contribution < -0.4 is 10.7 Å². The normalized spacial score (nSPS) is 10.8. The summed E-state index contributed by atoms with van der Waals surface area (Å²) in [4.78, 5) is 28.7. The van der Waals surface area contributed by atoms with Crippen molar-refractivity contribution in [1.29, 1.82) is 0 Å². The zero-order chi connectivity index (χ0) is 22.3. The number of H-pyrrole nitrogens is 1. The quantitative estimate of drug-likeness (QED) is 0.407. The first-order valence-electron chi connectivity index (χ1n) is 10.8. The van der Waals surface area contributed by atoms with E-state index in [1.165, 1.54) is 0 Å². The molecule has 3 aromatic carbocycles. The van der Waals surface area contributed by atoms with Crippen LogP contribution >= 0.6 is 0 Å². The van der Waals surface area contributed by atoms with E-state index in [0.717, 1.165) is 40.8 Å². The standard InChI is InChI=1S/C26H25N3O3/c1-2-3-13-24(30)29(21-9-5-4-6-10-21)18-19-14-16-20(17-15-19)22-11-7-8-12-23(22)25-27-26(31)32-28-25/h4-12,14-17H,2-3,13,18H2,1H3,(H,27,28,31). The molecule has 0 spiro atoms. The van der Waals surface area contributed by atoms with E-state index in [1.54, 1.807) is 0 Å². The molecule has 6 heteroatoms. The molecule has 0 saturated heterocycles. The number of anilines is 1. The number of hydrogen-bond acceptors (Lipinski definition) is 4. The monoisotopic (exact) mass is 427 g/mol. The van der Waals surface area contributed by atoms with Gasteiger partial charge in [0, 0.05) is 17.7 Å². The molecule has 0 aliphatic rings. The fourth-order valence-electron chi connectivity index (χ4n) is 3.65. The van der Waals surface area contributed by atoms with Crippen molar-refractivity contribution in [1.82, 2.24) is 10.1 Å². The summed E-state index contributed by atoms with van der Waals surface area (Å²) in [5.74, 6) is -0.0622. The molecule has 4 aromatic rings. The number of nitrogens with one attached hydrogen (secondary N) is 1. The molecule has 0 aliphatic carbocycles. The minimum Gasteiger partial charge on any atom is -0.308 e. The molecule has 162 valence electrons. The Balaban J connectivity index is 1.60. The van der Waals surface area contributed by atoms with E-state index in [0.29, 0.717) is 18.8 Å². The lowest BCUT2D eigenvalue weighted by molar-refractivity contribution is -0.118. The van der Waals surface area contributed by atoms with Gasteiger partial charge in [0.15, 0.2) is 5.82 Å². The fourth-order valence-corrected chi connectivity index (χ4v) is 3.65. The summed E-state index contributed by atoms with van der Waals surface area (Å²) in [5, 5.41) is 3.82. The Labute approximate surface area is 186 Å². The highest BCUT2D eigenvalue weighted by molar-refractivity contribution is 5.93. The third-order valence-electron chi connectivity index (χ3n) is 5.34. The van der Waals surface area contributed by atoms with Gasteiger partial charge < -0.3 is 4.90 Å². The van der Waals surface area contributed by atoms with Crippen LogP contribution in [0.5, 0.6) is 0 Å². The number of aromatic amines is 1. The van der Waals surface area contributed by atoms with Crippen molar-refractivity contribution < 1.29 is 9.32 Å². The lowest BCUT2D eigenvalue weighted by Gasteiger charge is -2.23. The Bertz CT molecular complexity index is 1230. The molecule has 1 aromatic heterocycles. The molecule has 0 aliphatic heterocycles. The molecule has 1 N–H and O–H groups in total. The highest BCUT2D eigenvalue weighted by atomic mass is 16.5. The maximum atomic E-state index is 12.9. The number of benzene rings is 3. The van der Waals surface area contributed by atoms with Crippen molar-refractivity contribution in [3.63, 3.8) is 0 Å². The van der Waals surface area contributed by atoms with Crippen LogP contribution in [0, 0.1) is 0 Å². The van der Waals surface area contributed by atoms with Gasteiger partial charge in [0.1, 0.15) is 0 Å². The second-order valence-corrected chi connectivity index (χ2v) is 7.61. The molecule has 1 amide bonds. The molecule has 6 nitrogen and oxygen atoms in total. The van der Waals surface area contributed by atoms with Gasteiger partial charge in [-0.3, -0.25) is 14.3 Å². The molecule has 0 radical (unpaired) electrons. The van der Waals surface area contributed by atoms with E-state index >= 15 is 0 Å². The number of rotatable bonds is 8. The Morgan fingerprint density at radius 1 is 0.938 bits per heavy atom. The predicted molar refractivity (Wildman–Crippen MR) is 125 cm³/mol. The highest BCUT2D eigenvalue weighted by Crippen LogP contribution is 2.30. The van der Waals surface area contributed by atoms with Crippen LogP contribution in [0.15, 0.2) is 88.2 Å². The van der Waals surface area contributed by atoms with Gasteiger partial charge in [0.05, 0.1) is 6.54 Å². The molecular formula is C26H25N3O3. The molecule has 1 heterocycles. The van der Waals surface area contributed by atoms with Gasteiger partial charge in [0.25, 0.3) is 0 Å². The van der Waals surface area contributed by atoms with E-state index < -0.39 is 5.76 Å². The van der Waals surface area contributed by atoms with Crippen LogP contribution in [0.3, 0.4) is 0 Å². The Morgan fingerprint density at radius 3 is 2.28 bits per heavy atom. The third kappa shape index (κ3) is 4.86. The first kappa shape index (κ1) is 21.3. The molecule has 4 rings (SSSR count). The maximum Gasteiger partial charge on any atom is 0.439 e. The molecule has 0 fully saturated rings. The van der Waals surface area contributed by atoms with Gasteiger partial charge in [-0.05, 0) is 35.2 Å². The average Bonchev–Trinajstić information content (AvgIpc) is 3.28. The van der Waals surface area contributed by atoms with Crippen molar-refractivity contribution in [2.75, 3.05) is 4.90 Å². The van der Waals surface area contributed by atoms with Crippen LogP contribution in [-0.4, -0.2) is 16.0 Å². The zero-order valence-corrected chi connectivity index (χ0v) is 18.0. The number of nitrogens with zero attached hydrogens (tertiary/aromatic N) is 2. The molecule has 0 unspecified atom stereocenters. The van der Waals surface area contributed by atoms with Gasteiger partial charge in [-0.1, -0.05) is 85.2 Å². The fraction of sp³-hybridized carbons (Fsp3) is 0.192. The van der Waals surface area contributed by atoms with Crippen molar-refractivity contribution in [2.45, 2.75) is 32.7 Å². The van der Waals surface area contributed by atoms with Crippen LogP contribution in [0.1, 0.15) is 31.7 Å². The Hall–Kier alpha value is -3.93. The van der Waals surface area contributed by atoms with Crippen LogP contribution in [0.4, 0.5) is 5.69 Å². The minimum absolute atomic E-state index is 0.127. The zero-order valence-electron chi connectivity index (χ0n) is 18.0. The number of para-hydroxylation sites is 1. The Kier molecular flexibility index (Phi) is 6.60. The van der Waals surface area contributed by atoms with Crippen molar-refractivity contribution in [3.05, 3.63) is 95.0 Å². The number of hydrogen-bond donors (Lipinski definition) is 1. The lowest BCUT2D eigenvalue weighted by Crippen LogP contribution is -2.30. The van der Waals surface area contributed by atoms with Gasteiger partial charge in [-0.15, -0.1) is 0 Å². The van der Waals surface area contributed by atoms with E-state index in [1.807, 2.05) is 83.8 Å². The summed E-state index contributed by atoms with van der Waals surface area (Å²) in [6.45, 7) is 2.59. The first-order chi connectivity index (χ1) is 15.7. The second kappa shape index (κ2) is 9.92. The molecule has 0 atom stereocenters. The number of aromatic nitrogens is 2. The van der Waals surface area contributed by atoms with E-state index in [-0.39, 0.29) is 5.91 Å². The average molecular weight is 428 g/mol. The van der Waals surface area contributed by atoms with Gasteiger partial charge in [-0.25, -0.2) is 4.79 Å². The maximum absolute atomic E-state index is 12.9. The summed E-state index contributed by atoms with van der Waals surface area (Å²) in [5.41, 5.74) is 4.64. The molecular weight excluding hydrogens is 402 g/mol. The number of unbranched alkanes of at least 4 members (excludes halogenated alkanes) is 1. The minimum atomic E-state index is -0.584. The summed E-state index contributed by atoms with van der Waals surface area (Å²) in [6, 6.07) is 25.6. The van der Waals surface area contributed by atoms with E-state index in [2.05, 4.69) is 21.6 Å². The van der Waals surface area contributed by atoms with Crippen molar-refractivity contribution >= 4 is 11.6 Å². The highest BCUT2D eigenvalue weighted by Gasteiger charge is 2.16. The van der Waals surface area contributed by atoms with E-state index in [4.69, 9.17) is 0 Å². The Morgan fingerprint density at radius 2 is 1.62 bits per heavy atom. The van der Waals surface area contributed by atoms with Gasteiger partial charge in [-0.2, -0.15) is 0 Å². The largest absolute Gasteiger partial charge is 0.439 e. The number of carbonyl (C=O) groups is 1. The van der Waals surface area contributed by atoms with Crippen LogP contribution in [0.25, 0.3) is 22.5 Å². The van der Waals surface area contributed by atoms with Crippen LogP contribution in [0.2, 0.25) is 0 Å². The number of carbonyl (C=O) groups excluding carboxylic acids is 1. The predicted octanol–water partition coefficient (Wildman–Crippen LogP) is 5.42. The van der Waals surface area contributed by atoms with E-state index in [9.17, 15) is 9.59 Å². The van der Waals surface area contributed by atoms with Gasteiger partial charge in [0.2, 0.25) is 5.91 Å². The first-order valence-corrected chi connectivity index (χ1v) is 10.8. The van der Waals surface area contributed by atoms with Crippen molar-refractivity contribution in [2.24, 2.45) is 0 Å². The topological polar surface area (TPSA) is 79.2 Å². The SMILES string of the molecule is CCCCC(=O)N(Cc1ccc(-c2ccccc2-c2noc(=O)[nH]2)cc1)c1ccccc1. The smallest absolute Gasteiger partial charge is 0.308 e. The second-order valence-electron chi connectivity index (χ2n) is 7.61. The number of amides is 1. The van der Waals surface area contributed by atoms with Gasteiger partial charge >= 0.3 is 5.76 Å². The molecule has 0 bridgehead atoms. The molecule has 32 heavy (non-hydrogen) atoms. The van der Waals surface area contributed by atoms with Crippen molar-refractivity contribution in [3.8, 4) is 22.5 Å². The summed E-state index contributed by atoms with van der Waals surface area (Å²) >= 11 is 0. The van der Waals surface area contributed by atoms with Crippen LogP contribution in [-0.2, 0) is 11.3 Å². The summed E-state index contributed by atoms with van der Waals surface area (Å²) < 4.78 is 4.67.